The lowest BCUT2D eigenvalue weighted by molar-refractivity contribution is -0.137. The van der Waals surface area contributed by atoms with E-state index in [9.17, 15) is 14.7 Å². The zero-order chi connectivity index (χ0) is 20.8. The first-order chi connectivity index (χ1) is 14.0. The quantitative estimate of drug-likeness (QED) is 0.767. The Hall–Kier alpha value is -2.66. The van der Waals surface area contributed by atoms with Crippen LogP contribution in [0, 0.1) is 5.92 Å². The molecule has 0 spiro atoms. The molecule has 29 heavy (non-hydrogen) atoms. The van der Waals surface area contributed by atoms with Gasteiger partial charge in [0.1, 0.15) is 0 Å². The summed E-state index contributed by atoms with van der Waals surface area (Å²) in [5, 5.41) is 9.44. The predicted octanol–water partition coefficient (Wildman–Crippen LogP) is 4.13. The number of carbonyl (C=O) groups is 2. The smallest absolute Gasteiger partial charge is 0.335 e. The predicted molar refractivity (Wildman–Crippen MR) is 115 cm³/mol. The molecule has 0 aromatic heterocycles. The van der Waals surface area contributed by atoms with Crippen molar-refractivity contribution in [1.82, 2.24) is 9.80 Å². The second-order valence-electron chi connectivity index (χ2n) is 7.63. The van der Waals surface area contributed by atoms with Crippen LogP contribution in [0.5, 0.6) is 0 Å². The lowest BCUT2D eigenvalue weighted by Gasteiger charge is -2.35. The van der Waals surface area contributed by atoms with Gasteiger partial charge in [-0.25, -0.2) is 4.79 Å². The summed E-state index contributed by atoms with van der Waals surface area (Å²) in [6.07, 6.45) is 1.91. The van der Waals surface area contributed by atoms with Crippen LogP contribution in [0.2, 0.25) is 0 Å². The first kappa shape index (κ1) is 21.1. The van der Waals surface area contributed by atoms with Gasteiger partial charge in [0.2, 0.25) is 5.91 Å². The molecule has 1 atom stereocenters. The van der Waals surface area contributed by atoms with Gasteiger partial charge < -0.3 is 10.0 Å². The number of hydrogen-bond donors (Lipinski definition) is 1. The first-order valence-corrected chi connectivity index (χ1v) is 10.5. The van der Waals surface area contributed by atoms with Crippen LogP contribution >= 0.6 is 0 Å². The molecule has 5 nitrogen and oxygen atoms in total. The van der Waals surface area contributed by atoms with Crippen LogP contribution in [0.3, 0.4) is 0 Å². The molecule has 154 valence electrons. The molecule has 2 aromatic rings. The monoisotopic (exact) mass is 394 g/mol. The Morgan fingerprint density at radius 1 is 1.10 bits per heavy atom. The third-order valence-corrected chi connectivity index (χ3v) is 5.76. The van der Waals surface area contributed by atoms with Gasteiger partial charge in [0.25, 0.3) is 0 Å². The summed E-state index contributed by atoms with van der Waals surface area (Å²) in [5.41, 5.74) is 3.42. The Labute approximate surface area is 172 Å². The number of aromatic carboxylic acids is 1. The zero-order valence-electron chi connectivity index (χ0n) is 17.3. The summed E-state index contributed by atoms with van der Waals surface area (Å²) >= 11 is 0. The van der Waals surface area contributed by atoms with Crippen molar-refractivity contribution >= 4 is 11.9 Å². The molecule has 1 fully saturated rings. The normalized spacial score (nSPS) is 17.1. The lowest BCUT2D eigenvalue weighted by Crippen LogP contribution is -2.44. The van der Waals surface area contributed by atoms with Gasteiger partial charge in [-0.05, 0) is 62.1 Å². The SMILES string of the molecule is CCN(CC)C(=O)C1CCCN(Cc2cc(C(=O)O)ccc2-c2ccccc2)C1. The van der Waals surface area contributed by atoms with Crippen LogP contribution < -0.4 is 0 Å². The Kier molecular flexibility index (Phi) is 7.04. The van der Waals surface area contributed by atoms with E-state index in [1.165, 1.54) is 0 Å². The number of carbonyl (C=O) groups excluding carboxylic acids is 1. The highest BCUT2D eigenvalue weighted by Crippen LogP contribution is 2.28. The Morgan fingerprint density at radius 3 is 2.48 bits per heavy atom. The van der Waals surface area contributed by atoms with E-state index < -0.39 is 5.97 Å². The maximum atomic E-state index is 12.8. The first-order valence-electron chi connectivity index (χ1n) is 10.5. The number of carboxylic acids is 1. The van der Waals surface area contributed by atoms with E-state index in [1.54, 1.807) is 12.1 Å². The van der Waals surface area contributed by atoms with Crippen molar-refractivity contribution < 1.29 is 14.7 Å². The summed E-state index contributed by atoms with van der Waals surface area (Å²) < 4.78 is 0. The molecule has 2 aromatic carbocycles. The number of benzene rings is 2. The van der Waals surface area contributed by atoms with Crippen molar-refractivity contribution in [3.8, 4) is 11.1 Å². The minimum Gasteiger partial charge on any atom is -0.478 e. The topological polar surface area (TPSA) is 60.9 Å². The van der Waals surface area contributed by atoms with E-state index in [0.717, 1.165) is 55.7 Å². The molecule has 0 aliphatic carbocycles. The average Bonchev–Trinajstić information content (AvgIpc) is 2.75. The molecular weight excluding hydrogens is 364 g/mol. The van der Waals surface area contributed by atoms with Crippen molar-refractivity contribution in [1.29, 1.82) is 0 Å². The van der Waals surface area contributed by atoms with Gasteiger partial charge in [0.05, 0.1) is 11.5 Å². The average molecular weight is 395 g/mol. The molecule has 1 aliphatic heterocycles. The summed E-state index contributed by atoms with van der Waals surface area (Å²) in [5.74, 6) is -0.659. The Morgan fingerprint density at radius 2 is 1.83 bits per heavy atom. The molecule has 1 saturated heterocycles. The van der Waals surface area contributed by atoms with Crippen LogP contribution in [0.15, 0.2) is 48.5 Å². The van der Waals surface area contributed by atoms with E-state index in [-0.39, 0.29) is 11.8 Å². The number of carboxylic acid groups (broad SMARTS) is 1. The molecule has 0 saturated carbocycles. The van der Waals surface area contributed by atoms with Gasteiger partial charge in [-0.3, -0.25) is 9.69 Å². The molecular formula is C24H30N2O3. The van der Waals surface area contributed by atoms with Gasteiger partial charge >= 0.3 is 5.97 Å². The van der Waals surface area contributed by atoms with Crippen LogP contribution in [0.1, 0.15) is 42.6 Å². The molecule has 1 heterocycles. The number of likely N-dealkylation sites (tertiary alicyclic amines) is 1. The van der Waals surface area contributed by atoms with Crippen LogP contribution in [0.4, 0.5) is 0 Å². The summed E-state index contributed by atoms with van der Waals surface area (Å²) in [6.45, 7) is 7.81. The highest BCUT2D eigenvalue weighted by molar-refractivity contribution is 5.89. The van der Waals surface area contributed by atoms with Gasteiger partial charge in [0, 0.05) is 26.2 Å². The van der Waals surface area contributed by atoms with E-state index >= 15 is 0 Å². The number of hydrogen-bond acceptors (Lipinski definition) is 3. The molecule has 1 amide bonds. The fourth-order valence-corrected chi connectivity index (χ4v) is 4.19. The fourth-order valence-electron chi connectivity index (χ4n) is 4.19. The van der Waals surface area contributed by atoms with E-state index in [2.05, 4.69) is 4.90 Å². The minimum atomic E-state index is -0.918. The fraction of sp³-hybridized carbons (Fsp3) is 0.417. The second-order valence-corrected chi connectivity index (χ2v) is 7.63. The van der Waals surface area contributed by atoms with Gasteiger partial charge in [0.15, 0.2) is 0 Å². The third-order valence-electron chi connectivity index (χ3n) is 5.76. The van der Waals surface area contributed by atoms with Crippen molar-refractivity contribution in [3.05, 3.63) is 59.7 Å². The number of rotatable bonds is 7. The summed E-state index contributed by atoms with van der Waals surface area (Å²) in [6, 6.07) is 15.4. The molecule has 0 radical (unpaired) electrons. The minimum absolute atomic E-state index is 0.0199. The van der Waals surface area contributed by atoms with Crippen molar-refractivity contribution in [3.63, 3.8) is 0 Å². The van der Waals surface area contributed by atoms with Crippen LogP contribution in [0.25, 0.3) is 11.1 Å². The van der Waals surface area contributed by atoms with E-state index in [0.29, 0.717) is 12.1 Å². The number of amides is 1. The molecule has 1 unspecified atom stereocenters. The summed E-state index contributed by atoms with van der Waals surface area (Å²) in [4.78, 5) is 28.5. The molecule has 1 N–H and O–H groups in total. The Balaban J connectivity index is 1.83. The maximum Gasteiger partial charge on any atom is 0.335 e. The molecule has 1 aliphatic rings. The maximum absolute atomic E-state index is 12.8. The van der Waals surface area contributed by atoms with Gasteiger partial charge in [-0.1, -0.05) is 36.4 Å². The van der Waals surface area contributed by atoms with Gasteiger partial charge in [-0.15, -0.1) is 0 Å². The molecule has 5 heteroatoms. The van der Waals surface area contributed by atoms with Crippen molar-refractivity contribution in [2.75, 3.05) is 26.2 Å². The van der Waals surface area contributed by atoms with Crippen molar-refractivity contribution in [2.45, 2.75) is 33.2 Å². The molecule has 3 rings (SSSR count). The van der Waals surface area contributed by atoms with Crippen molar-refractivity contribution in [2.24, 2.45) is 5.92 Å². The summed E-state index contributed by atoms with van der Waals surface area (Å²) in [7, 11) is 0. The van der Waals surface area contributed by atoms with E-state index in [1.807, 2.05) is 55.1 Å². The standard InChI is InChI=1S/C24H30N2O3/c1-3-26(4-2)23(27)20-11-8-14-25(16-20)17-21-15-19(24(28)29)12-13-22(21)18-9-6-5-7-10-18/h5-7,9-10,12-13,15,20H,3-4,8,11,14,16-17H2,1-2H3,(H,28,29). The number of piperidine rings is 1. The number of nitrogens with zero attached hydrogens (tertiary/aromatic N) is 2. The largest absolute Gasteiger partial charge is 0.478 e. The molecule has 0 bridgehead atoms. The zero-order valence-corrected chi connectivity index (χ0v) is 17.3. The van der Waals surface area contributed by atoms with Crippen LogP contribution in [-0.2, 0) is 11.3 Å². The van der Waals surface area contributed by atoms with Gasteiger partial charge in [-0.2, -0.15) is 0 Å². The highest BCUT2D eigenvalue weighted by atomic mass is 16.4. The lowest BCUT2D eigenvalue weighted by atomic mass is 9.93. The Bertz CT molecular complexity index is 846. The van der Waals surface area contributed by atoms with E-state index in [4.69, 9.17) is 0 Å². The third kappa shape index (κ3) is 5.04. The second kappa shape index (κ2) is 9.70. The highest BCUT2D eigenvalue weighted by Gasteiger charge is 2.28. The van der Waals surface area contributed by atoms with Crippen LogP contribution in [-0.4, -0.2) is 53.0 Å².